The molecule has 0 atom stereocenters. The van der Waals surface area contributed by atoms with E-state index >= 15 is 0 Å². The molecule has 0 heterocycles. The summed E-state index contributed by atoms with van der Waals surface area (Å²) in [5, 5.41) is 2.85. The van der Waals surface area contributed by atoms with Crippen molar-refractivity contribution in [1.82, 2.24) is 5.32 Å². The number of halogens is 2. The van der Waals surface area contributed by atoms with Crippen LogP contribution in [0.3, 0.4) is 0 Å². The summed E-state index contributed by atoms with van der Waals surface area (Å²) in [6.07, 6.45) is 1.81. The topological polar surface area (TPSA) is 64.3 Å². The van der Waals surface area contributed by atoms with Crippen molar-refractivity contribution >= 4 is 34.2 Å². The highest BCUT2D eigenvalue weighted by Gasteiger charge is 2.10. The number of hydrogen-bond acceptors (Lipinski definition) is 3. The lowest BCUT2D eigenvalue weighted by atomic mass is 10.2. The van der Waals surface area contributed by atoms with E-state index in [-0.39, 0.29) is 18.3 Å². The van der Waals surface area contributed by atoms with E-state index in [0.717, 1.165) is 17.3 Å². The maximum Gasteiger partial charge on any atom is 0.252 e. The van der Waals surface area contributed by atoms with Gasteiger partial charge in [-0.05, 0) is 53.5 Å². The fourth-order valence-electron chi connectivity index (χ4n) is 1.37. The second kappa shape index (κ2) is 9.19. The van der Waals surface area contributed by atoms with Gasteiger partial charge in [-0.3, -0.25) is 4.79 Å². The van der Waals surface area contributed by atoms with Gasteiger partial charge in [0.25, 0.3) is 5.91 Å². The van der Waals surface area contributed by atoms with Crippen LogP contribution in [0, 0.1) is 0 Å². The fraction of sp³-hybridized carbons (Fsp3) is 0.417. The van der Waals surface area contributed by atoms with Crippen molar-refractivity contribution in [1.29, 1.82) is 0 Å². The van der Waals surface area contributed by atoms with Crippen molar-refractivity contribution in [3.8, 4) is 5.75 Å². The molecule has 0 unspecified atom stereocenters. The van der Waals surface area contributed by atoms with Gasteiger partial charge in [0.2, 0.25) is 0 Å². The third-order valence-electron chi connectivity index (χ3n) is 2.33. The van der Waals surface area contributed by atoms with E-state index in [1.54, 1.807) is 25.3 Å². The first-order valence-corrected chi connectivity index (χ1v) is 6.30. The molecule has 0 saturated carbocycles. The van der Waals surface area contributed by atoms with Crippen LogP contribution in [0.15, 0.2) is 22.7 Å². The summed E-state index contributed by atoms with van der Waals surface area (Å²) in [4.78, 5) is 11.9. The SMILES string of the molecule is COc1ccc(Br)c(C(=O)NCCCCN)c1.Cl. The summed E-state index contributed by atoms with van der Waals surface area (Å²) >= 11 is 3.35. The van der Waals surface area contributed by atoms with Crippen molar-refractivity contribution in [2.45, 2.75) is 12.8 Å². The van der Waals surface area contributed by atoms with Crippen LogP contribution in [0.5, 0.6) is 5.75 Å². The smallest absolute Gasteiger partial charge is 0.252 e. The molecule has 0 aliphatic carbocycles. The van der Waals surface area contributed by atoms with Crippen molar-refractivity contribution < 1.29 is 9.53 Å². The maximum atomic E-state index is 11.9. The molecule has 1 amide bonds. The van der Waals surface area contributed by atoms with Gasteiger partial charge in [-0.25, -0.2) is 0 Å². The van der Waals surface area contributed by atoms with Crippen LogP contribution in [-0.4, -0.2) is 26.1 Å². The van der Waals surface area contributed by atoms with Gasteiger partial charge in [0.05, 0.1) is 12.7 Å². The second-order valence-electron chi connectivity index (χ2n) is 3.60. The minimum Gasteiger partial charge on any atom is -0.497 e. The first kappa shape index (κ1) is 17.2. The molecule has 0 radical (unpaired) electrons. The number of ether oxygens (including phenoxy) is 1. The molecule has 0 fully saturated rings. The average molecular weight is 338 g/mol. The molecule has 1 aromatic carbocycles. The Balaban J connectivity index is 0.00000289. The molecule has 0 aliphatic heterocycles. The van der Waals surface area contributed by atoms with Crippen molar-refractivity contribution in [3.05, 3.63) is 28.2 Å². The first-order valence-electron chi connectivity index (χ1n) is 5.51. The Morgan fingerprint density at radius 3 is 2.78 bits per heavy atom. The summed E-state index contributed by atoms with van der Waals surface area (Å²) in [6, 6.07) is 5.31. The van der Waals surface area contributed by atoms with Gasteiger partial charge >= 0.3 is 0 Å². The molecule has 0 aliphatic rings. The van der Waals surface area contributed by atoms with Crippen LogP contribution in [0.25, 0.3) is 0 Å². The van der Waals surface area contributed by atoms with E-state index in [4.69, 9.17) is 10.5 Å². The van der Waals surface area contributed by atoms with Crippen LogP contribution < -0.4 is 15.8 Å². The van der Waals surface area contributed by atoms with Crippen molar-refractivity contribution in [3.63, 3.8) is 0 Å². The van der Waals surface area contributed by atoms with Gasteiger partial charge in [-0.1, -0.05) is 0 Å². The van der Waals surface area contributed by atoms with Crippen LogP contribution in [0.1, 0.15) is 23.2 Å². The maximum absolute atomic E-state index is 11.9. The molecule has 1 aromatic rings. The molecule has 6 heteroatoms. The second-order valence-corrected chi connectivity index (χ2v) is 4.45. The predicted molar refractivity (Wildman–Crippen MR) is 78.6 cm³/mol. The highest BCUT2D eigenvalue weighted by Crippen LogP contribution is 2.22. The van der Waals surface area contributed by atoms with Gasteiger partial charge in [0.1, 0.15) is 5.75 Å². The third kappa shape index (κ3) is 5.25. The minimum atomic E-state index is -0.104. The van der Waals surface area contributed by atoms with Gasteiger partial charge < -0.3 is 15.8 Å². The van der Waals surface area contributed by atoms with Crippen molar-refractivity contribution in [2.75, 3.05) is 20.2 Å². The lowest BCUT2D eigenvalue weighted by molar-refractivity contribution is 0.0952. The Bertz CT molecular complexity index is 388. The van der Waals surface area contributed by atoms with E-state index in [1.807, 2.05) is 0 Å². The average Bonchev–Trinajstić information content (AvgIpc) is 2.35. The Hall–Kier alpha value is -0.780. The molecule has 3 N–H and O–H groups in total. The number of nitrogens with two attached hydrogens (primary N) is 1. The number of rotatable bonds is 6. The summed E-state index contributed by atoms with van der Waals surface area (Å²) < 4.78 is 5.84. The number of methoxy groups -OCH3 is 1. The summed E-state index contributed by atoms with van der Waals surface area (Å²) in [7, 11) is 1.58. The Morgan fingerprint density at radius 2 is 2.17 bits per heavy atom. The summed E-state index contributed by atoms with van der Waals surface area (Å²) in [5.41, 5.74) is 5.96. The molecule has 1 rings (SSSR count). The van der Waals surface area contributed by atoms with Gasteiger partial charge in [0.15, 0.2) is 0 Å². The number of carbonyl (C=O) groups excluding carboxylic acids is 1. The fourth-order valence-corrected chi connectivity index (χ4v) is 1.80. The molecule has 0 spiro atoms. The summed E-state index contributed by atoms with van der Waals surface area (Å²) in [5.74, 6) is 0.563. The normalized spacial score (nSPS) is 9.50. The number of unbranched alkanes of at least 4 members (excludes halogenated alkanes) is 1. The zero-order valence-corrected chi connectivity index (χ0v) is 12.6. The number of hydrogen-bond donors (Lipinski definition) is 2. The van der Waals surface area contributed by atoms with Crippen LogP contribution in [-0.2, 0) is 0 Å². The number of amides is 1. The lowest BCUT2D eigenvalue weighted by Crippen LogP contribution is -2.25. The molecule has 18 heavy (non-hydrogen) atoms. The number of nitrogens with one attached hydrogen (secondary N) is 1. The van der Waals surface area contributed by atoms with Gasteiger partial charge in [-0.15, -0.1) is 12.4 Å². The quantitative estimate of drug-likeness (QED) is 0.783. The molecule has 4 nitrogen and oxygen atoms in total. The molecule has 0 bridgehead atoms. The zero-order valence-electron chi connectivity index (χ0n) is 10.2. The van der Waals surface area contributed by atoms with E-state index in [2.05, 4.69) is 21.2 Å². The highest BCUT2D eigenvalue weighted by atomic mass is 79.9. The first-order chi connectivity index (χ1) is 8.19. The van der Waals surface area contributed by atoms with E-state index in [0.29, 0.717) is 24.4 Å². The largest absolute Gasteiger partial charge is 0.497 e. The van der Waals surface area contributed by atoms with E-state index in [1.165, 1.54) is 0 Å². The monoisotopic (exact) mass is 336 g/mol. The predicted octanol–water partition coefficient (Wildman–Crippen LogP) is 2.35. The molecule has 0 saturated heterocycles. The van der Waals surface area contributed by atoms with Crippen molar-refractivity contribution in [2.24, 2.45) is 5.73 Å². The Labute approximate surface area is 122 Å². The molecular weight excluding hydrogens is 320 g/mol. The molecule has 0 aromatic heterocycles. The van der Waals surface area contributed by atoms with Crippen LogP contribution in [0.2, 0.25) is 0 Å². The van der Waals surface area contributed by atoms with E-state index < -0.39 is 0 Å². The van der Waals surface area contributed by atoms with E-state index in [9.17, 15) is 4.79 Å². The van der Waals surface area contributed by atoms with Gasteiger partial charge in [-0.2, -0.15) is 0 Å². The van der Waals surface area contributed by atoms with Crippen LogP contribution in [0.4, 0.5) is 0 Å². The molecular formula is C12H18BrClN2O2. The number of carbonyl (C=O) groups is 1. The van der Waals surface area contributed by atoms with Crippen LogP contribution >= 0.6 is 28.3 Å². The third-order valence-corrected chi connectivity index (χ3v) is 3.03. The summed E-state index contributed by atoms with van der Waals surface area (Å²) in [6.45, 7) is 1.29. The highest BCUT2D eigenvalue weighted by molar-refractivity contribution is 9.10. The minimum absolute atomic E-state index is 0. The van der Waals surface area contributed by atoms with Gasteiger partial charge in [0, 0.05) is 11.0 Å². The Kier molecular flexibility index (Phi) is 8.79. The standard InChI is InChI=1S/C12H17BrN2O2.ClH/c1-17-9-4-5-11(13)10(8-9)12(16)15-7-3-2-6-14;/h4-5,8H,2-3,6-7,14H2,1H3,(H,15,16);1H. The number of benzene rings is 1. The zero-order chi connectivity index (χ0) is 12.7. The lowest BCUT2D eigenvalue weighted by Gasteiger charge is -2.08. The molecule has 102 valence electrons. The Morgan fingerprint density at radius 1 is 1.44 bits per heavy atom.